The molecule has 0 fully saturated rings. The number of ether oxygens (including phenoxy) is 1. The van der Waals surface area contributed by atoms with Crippen LogP contribution in [-0.2, 0) is 9.53 Å². The number of esters is 1. The van der Waals surface area contributed by atoms with Crippen LogP contribution >= 0.6 is 23.5 Å². The molecule has 7 heteroatoms. The lowest BCUT2D eigenvalue weighted by Crippen LogP contribution is -2.02. The Morgan fingerprint density at radius 1 is 1.28 bits per heavy atom. The van der Waals surface area contributed by atoms with Crippen LogP contribution in [0.1, 0.15) is 0 Å². The van der Waals surface area contributed by atoms with Crippen molar-refractivity contribution in [3.8, 4) is 11.5 Å². The number of aromatic hydroxyl groups is 2. The lowest BCUT2D eigenvalue weighted by molar-refractivity contribution is -0.135. The van der Waals surface area contributed by atoms with Crippen LogP contribution in [0.3, 0.4) is 0 Å². The highest BCUT2D eigenvalue weighted by atomic mass is 32.2. The molecular weight excluding hydrogens is 274 g/mol. The Bertz CT molecular complexity index is 571. The van der Waals surface area contributed by atoms with Crippen molar-refractivity contribution in [1.82, 2.24) is 0 Å². The van der Waals surface area contributed by atoms with E-state index < -0.39 is 5.97 Å². The number of hydrogen-bond acceptors (Lipinski definition) is 6. The minimum Gasteiger partial charge on any atom is -0.507 e. The smallest absolute Gasteiger partial charge is 0.337 e. The molecule has 0 spiro atoms. The number of methoxy groups -OCH3 is 1. The van der Waals surface area contributed by atoms with Crippen LogP contribution in [0.4, 0.5) is 0 Å². The predicted octanol–water partition coefficient (Wildman–Crippen LogP) is 2.56. The van der Waals surface area contributed by atoms with Gasteiger partial charge in [-0.15, -0.1) is 0 Å². The summed E-state index contributed by atoms with van der Waals surface area (Å²) in [5, 5.41) is 19.3. The number of carbonyl (C=O) groups excluding carboxylic acids is 1. The lowest BCUT2D eigenvalue weighted by atomic mass is 10.3. The van der Waals surface area contributed by atoms with E-state index in [1.54, 1.807) is 0 Å². The second-order valence-corrected chi connectivity index (χ2v) is 5.51. The van der Waals surface area contributed by atoms with Gasteiger partial charge < -0.3 is 14.9 Å². The molecule has 0 radical (unpaired) electrons. The van der Waals surface area contributed by atoms with E-state index in [1.807, 2.05) is 0 Å². The van der Waals surface area contributed by atoms with Gasteiger partial charge >= 0.3 is 5.97 Å². The normalized spacial score (nSPS) is 12.8. The molecule has 0 atom stereocenters. The van der Waals surface area contributed by atoms with E-state index in [1.165, 1.54) is 19.2 Å². The van der Waals surface area contributed by atoms with Crippen LogP contribution in [0.15, 0.2) is 31.9 Å². The highest BCUT2D eigenvalue weighted by Crippen LogP contribution is 2.58. The van der Waals surface area contributed by atoms with Gasteiger partial charge in [-0.1, -0.05) is 23.5 Å². The Hall–Kier alpha value is -1.78. The van der Waals surface area contributed by atoms with Crippen LogP contribution in [0.5, 0.6) is 11.5 Å². The fraction of sp³-hybridized carbons (Fsp3) is 0.0909. The largest absolute Gasteiger partial charge is 0.507 e. The monoisotopic (exact) mass is 281 g/mol. The van der Waals surface area contributed by atoms with Crippen molar-refractivity contribution in [2.45, 2.75) is 9.79 Å². The van der Waals surface area contributed by atoms with E-state index >= 15 is 0 Å². The zero-order chi connectivity index (χ0) is 13.3. The van der Waals surface area contributed by atoms with Gasteiger partial charge in [-0.25, -0.2) is 4.85 Å². The Kier molecular flexibility index (Phi) is 3.41. The molecule has 2 N–H and O–H groups in total. The minimum absolute atomic E-state index is 0.00416. The molecular formula is C11H7NO4S2. The fourth-order valence-corrected chi connectivity index (χ4v) is 3.79. The summed E-state index contributed by atoms with van der Waals surface area (Å²) in [6.45, 7) is 6.99. The van der Waals surface area contributed by atoms with Gasteiger partial charge in [0, 0.05) is 0 Å². The number of phenolic OH excluding ortho intramolecular Hbond substituents is 2. The number of hydrogen-bond donors (Lipinski definition) is 2. The van der Waals surface area contributed by atoms with Crippen molar-refractivity contribution < 1.29 is 19.7 Å². The summed E-state index contributed by atoms with van der Waals surface area (Å²) in [6, 6.07) is 2.72. The number of carbonyl (C=O) groups is 1. The third-order valence-corrected chi connectivity index (χ3v) is 4.77. The number of fused-ring (bicyclic) bond motifs is 1. The van der Waals surface area contributed by atoms with Crippen LogP contribution in [0, 0.1) is 6.57 Å². The van der Waals surface area contributed by atoms with E-state index in [-0.39, 0.29) is 17.2 Å². The summed E-state index contributed by atoms with van der Waals surface area (Å²) >= 11 is 2.14. The third-order valence-electron chi connectivity index (χ3n) is 2.14. The van der Waals surface area contributed by atoms with Crippen LogP contribution in [-0.4, -0.2) is 23.3 Å². The van der Waals surface area contributed by atoms with Crippen LogP contribution in [0.25, 0.3) is 4.85 Å². The van der Waals surface area contributed by atoms with Gasteiger partial charge in [0.15, 0.2) is 0 Å². The third kappa shape index (κ3) is 2.00. The quantitative estimate of drug-likeness (QED) is 0.357. The fourth-order valence-electron chi connectivity index (χ4n) is 1.31. The molecule has 2 rings (SSSR count). The van der Waals surface area contributed by atoms with Crippen molar-refractivity contribution in [1.29, 1.82) is 0 Å². The second-order valence-electron chi connectivity index (χ2n) is 3.21. The molecule has 0 saturated heterocycles. The van der Waals surface area contributed by atoms with Gasteiger partial charge in [-0.05, 0) is 12.1 Å². The topological polar surface area (TPSA) is 71.1 Å². The maximum Gasteiger partial charge on any atom is 0.337 e. The maximum atomic E-state index is 11.4. The molecule has 0 bridgehead atoms. The Morgan fingerprint density at radius 2 is 1.78 bits per heavy atom. The van der Waals surface area contributed by atoms with Crippen LogP contribution < -0.4 is 0 Å². The molecule has 18 heavy (non-hydrogen) atoms. The molecule has 1 aromatic carbocycles. The maximum absolute atomic E-state index is 11.4. The molecule has 0 aromatic heterocycles. The van der Waals surface area contributed by atoms with Gasteiger partial charge in [0.2, 0.25) is 0 Å². The SMILES string of the molecule is [C-]#[N+]C(C(=O)OC)=C1Sc2c(O)ccc(O)c2S1. The van der Waals surface area contributed by atoms with E-state index in [2.05, 4.69) is 9.58 Å². The van der Waals surface area contributed by atoms with Gasteiger partial charge in [-0.2, -0.15) is 0 Å². The highest BCUT2D eigenvalue weighted by molar-refractivity contribution is 8.24. The molecule has 92 valence electrons. The highest BCUT2D eigenvalue weighted by Gasteiger charge is 2.29. The van der Waals surface area contributed by atoms with E-state index in [9.17, 15) is 15.0 Å². The Morgan fingerprint density at radius 3 is 2.17 bits per heavy atom. The van der Waals surface area contributed by atoms with Crippen molar-refractivity contribution in [2.75, 3.05) is 7.11 Å². The minimum atomic E-state index is -0.730. The number of rotatable bonds is 1. The lowest BCUT2D eigenvalue weighted by Gasteiger charge is -2.00. The number of nitrogens with zero attached hydrogens (tertiary/aromatic N) is 1. The first-order valence-corrected chi connectivity index (χ1v) is 6.32. The molecule has 1 aromatic rings. The van der Waals surface area contributed by atoms with Crippen LogP contribution in [0.2, 0.25) is 0 Å². The summed E-state index contributed by atoms with van der Waals surface area (Å²) in [6.07, 6.45) is 0. The van der Waals surface area contributed by atoms with E-state index in [4.69, 9.17) is 6.57 Å². The zero-order valence-corrected chi connectivity index (χ0v) is 10.8. The standard InChI is InChI=1S/C11H7NO4S2/c1-12-7(10(15)16-2)11-17-8-5(13)3-4-6(14)9(8)18-11/h3-4,13-14H,2H3. The summed E-state index contributed by atoms with van der Waals surface area (Å²) in [4.78, 5) is 15.4. The van der Waals surface area contributed by atoms with Crippen molar-refractivity contribution in [3.63, 3.8) is 0 Å². The van der Waals surface area contributed by atoms with Gasteiger partial charge in [-0.3, -0.25) is 4.79 Å². The Balaban J connectivity index is 2.49. The molecule has 1 aliphatic rings. The second kappa shape index (κ2) is 4.84. The van der Waals surface area contributed by atoms with E-state index in [0.29, 0.717) is 14.0 Å². The molecule has 1 heterocycles. The molecule has 1 aliphatic heterocycles. The van der Waals surface area contributed by atoms with Crippen molar-refractivity contribution in [3.05, 3.63) is 33.5 Å². The summed E-state index contributed by atoms with van der Waals surface area (Å²) in [5.74, 6) is -0.722. The van der Waals surface area contributed by atoms with Crippen molar-refractivity contribution in [2.24, 2.45) is 0 Å². The Labute approximate surface area is 111 Å². The first kappa shape index (κ1) is 12.7. The summed E-state index contributed by atoms with van der Waals surface area (Å²) < 4.78 is 4.91. The summed E-state index contributed by atoms with van der Waals surface area (Å²) in [7, 11) is 1.19. The average Bonchev–Trinajstić information content (AvgIpc) is 2.80. The number of benzene rings is 1. The molecule has 5 nitrogen and oxygen atoms in total. The molecule has 0 amide bonds. The first-order valence-electron chi connectivity index (χ1n) is 4.69. The van der Waals surface area contributed by atoms with E-state index in [0.717, 1.165) is 23.5 Å². The number of phenols is 2. The first-order chi connectivity index (χ1) is 8.58. The van der Waals surface area contributed by atoms with Crippen molar-refractivity contribution >= 4 is 29.5 Å². The molecule has 0 unspecified atom stereocenters. The molecule has 0 saturated carbocycles. The molecule has 0 aliphatic carbocycles. The van der Waals surface area contributed by atoms with Gasteiger partial charge in [0.05, 0.1) is 27.7 Å². The average molecular weight is 281 g/mol. The predicted molar refractivity (Wildman–Crippen MR) is 67.1 cm³/mol. The summed E-state index contributed by atoms with van der Waals surface area (Å²) in [5.41, 5.74) is -0.150. The zero-order valence-electron chi connectivity index (χ0n) is 9.13. The van der Waals surface area contributed by atoms with Gasteiger partial charge in [0.25, 0.3) is 5.70 Å². The number of thioether (sulfide) groups is 2. The van der Waals surface area contributed by atoms with Gasteiger partial charge in [0.1, 0.15) is 11.5 Å².